The number of unbranched alkanes of at least 4 members (excludes halogenated alkanes) is 1. The first-order chi connectivity index (χ1) is 15.1. The fourth-order valence-electron chi connectivity index (χ4n) is 3.37. The molecule has 182 valence electrons. The number of carbonyl (C=O) groups excluding carboxylic acids is 3. The molecule has 4 atom stereocenters. The Labute approximate surface area is 187 Å². The van der Waals surface area contributed by atoms with Crippen molar-refractivity contribution in [3.63, 3.8) is 0 Å². The van der Waals surface area contributed by atoms with Gasteiger partial charge in [-0.25, -0.2) is 4.79 Å². The van der Waals surface area contributed by atoms with Crippen LogP contribution in [0.25, 0.3) is 0 Å². The van der Waals surface area contributed by atoms with E-state index < -0.39 is 60.3 Å². The van der Waals surface area contributed by atoms with Crippen LogP contribution in [0.4, 0.5) is 0 Å². The van der Waals surface area contributed by atoms with Crippen molar-refractivity contribution in [1.29, 1.82) is 0 Å². The first-order valence-corrected chi connectivity index (χ1v) is 10.9. The zero-order valence-electron chi connectivity index (χ0n) is 18.6. The van der Waals surface area contributed by atoms with Crippen LogP contribution < -0.4 is 27.0 Å². The van der Waals surface area contributed by atoms with E-state index in [4.69, 9.17) is 10.8 Å². The van der Waals surface area contributed by atoms with Gasteiger partial charge < -0.3 is 37.2 Å². The molecule has 0 aromatic heterocycles. The van der Waals surface area contributed by atoms with Gasteiger partial charge in [0.1, 0.15) is 18.1 Å². The fraction of sp³-hybridized carbons (Fsp3) is 0.750. The molecule has 12 heteroatoms. The van der Waals surface area contributed by atoms with Crippen LogP contribution in [-0.2, 0) is 24.0 Å². The normalized spacial score (nSPS) is 18.4. The molecule has 0 aromatic carbocycles. The number of carboxylic acid groups (broad SMARTS) is 2. The van der Waals surface area contributed by atoms with E-state index in [1.54, 1.807) is 13.8 Å². The molecule has 1 heterocycles. The molecule has 32 heavy (non-hydrogen) atoms. The highest BCUT2D eigenvalue weighted by Crippen LogP contribution is 2.09. The molecule has 0 saturated carbocycles. The number of hydrogen-bond acceptors (Lipinski definition) is 7. The molecule has 1 saturated heterocycles. The summed E-state index contributed by atoms with van der Waals surface area (Å²) in [7, 11) is 0. The van der Waals surface area contributed by atoms with Crippen LogP contribution in [0.1, 0.15) is 52.4 Å². The Hall–Kier alpha value is -2.73. The molecule has 4 unspecified atom stereocenters. The molecule has 1 rings (SSSR count). The summed E-state index contributed by atoms with van der Waals surface area (Å²) >= 11 is 0. The largest absolute Gasteiger partial charge is 0.481 e. The summed E-state index contributed by atoms with van der Waals surface area (Å²) in [5.74, 6) is -5.07. The van der Waals surface area contributed by atoms with Crippen LogP contribution in [0.2, 0.25) is 0 Å². The lowest BCUT2D eigenvalue weighted by Crippen LogP contribution is -2.58. The average Bonchev–Trinajstić information content (AvgIpc) is 3.24. The number of nitrogens with one attached hydrogen (secondary N) is 4. The lowest BCUT2D eigenvalue weighted by atomic mass is 10.0. The maximum absolute atomic E-state index is 12.9. The second-order valence-corrected chi connectivity index (χ2v) is 8.22. The Bertz CT molecular complexity index is 679. The standard InChI is InChI=1S/C20H35N5O7/c1-11(2)16(20(31)32)25-19(30)14(10-15(26)27)24-18(29)13(6-3-4-8-21)23-17(28)12-7-5-9-22-12/h11-14,16,22H,3-10,21H2,1-2H3,(H,23,28)(H,24,29)(H,25,30)(H,26,27)(H,31,32). The highest BCUT2D eigenvalue weighted by Gasteiger charge is 2.33. The summed E-state index contributed by atoms with van der Waals surface area (Å²) in [5, 5.41) is 28.8. The van der Waals surface area contributed by atoms with Crippen molar-refractivity contribution < 1.29 is 34.2 Å². The molecule has 1 aliphatic rings. The molecule has 1 fully saturated rings. The summed E-state index contributed by atoms with van der Waals surface area (Å²) in [6.07, 6.45) is 2.15. The molecule has 0 aromatic rings. The Morgan fingerprint density at radius 3 is 2.16 bits per heavy atom. The van der Waals surface area contributed by atoms with Crippen molar-refractivity contribution in [3.05, 3.63) is 0 Å². The quantitative estimate of drug-likeness (QED) is 0.152. The summed E-state index contributed by atoms with van der Waals surface area (Å²) in [6.45, 7) is 4.28. The van der Waals surface area contributed by atoms with Gasteiger partial charge in [0.15, 0.2) is 0 Å². The number of hydrogen-bond donors (Lipinski definition) is 7. The van der Waals surface area contributed by atoms with E-state index in [0.717, 1.165) is 6.42 Å². The van der Waals surface area contributed by atoms with Gasteiger partial charge in [-0.05, 0) is 51.1 Å². The molecule has 8 N–H and O–H groups in total. The second kappa shape index (κ2) is 13.6. The highest BCUT2D eigenvalue weighted by molar-refractivity contribution is 5.95. The zero-order chi connectivity index (χ0) is 24.3. The van der Waals surface area contributed by atoms with Crippen LogP contribution in [0.15, 0.2) is 0 Å². The molecule has 0 radical (unpaired) electrons. The number of amides is 3. The molecular formula is C20H35N5O7. The van der Waals surface area contributed by atoms with E-state index >= 15 is 0 Å². The second-order valence-electron chi connectivity index (χ2n) is 8.22. The van der Waals surface area contributed by atoms with Crippen molar-refractivity contribution in [3.8, 4) is 0 Å². The molecule has 0 bridgehead atoms. The third-order valence-corrected chi connectivity index (χ3v) is 5.20. The third kappa shape index (κ3) is 9.18. The Morgan fingerprint density at radius 1 is 1.00 bits per heavy atom. The van der Waals surface area contributed by atoms with Gasteiger partial charge in [-0.2, -0.15) is 0 Å². The Balaban J connectivity index is 2.92. The Morgan fingerprint density at radius 2 is 1.66 bits per heavy atom. The van der Waals surface area contributed by atoms with Crippen molar-refractivity contribution in [2.24, 2.45) is 11.7 Å². The van der Waals surface area contributed by atoms with Crippen LogP contribution in [-0.4, -0.2) is 77.1 Å². The summed E-state index contributed by atoms with van der Waals surface area (Å²) in [5.41, 5.74) is 5.50. The van der Waals surface area contributed by atoms with E-state index in [1.807, 2.05) is 0 Å². The minimum absolute atomic E-state index is 0.257. The molecule has 3 amide bonds. The third-order valence-electron chi connectivity index (χ3n) is 5.20. The summed E-state index contributed by atoms with van der Waals surface area (Å²) in [6, 6.07) is -4.15. The molecule has 0 spiro atoms. The van der Waals surface area contributed by atoms with E-state index in [0.29, 0.717) is 32.4 Å². The number of aliphatic carboxylic acids is 2. The molecular weight excluding hydrogens is 422 g/mol. The molecule has 0 aliphatic carbocycles. The van der Waals surface area contributed by atoms with Gasteiger partial charge in [-0.3, -0.25) is 19.2 Å². The summed E-state index contributed by atoms with van der Waals surface area (Å²) < 4.78 is 0. The fourth-order valence-corrected chi connectivity index (χ4v) is 3.37. The minimum Gasteiger partial charge on any atom is -0.481 e. The minimum atomic E-state index is -1.50. The van der Waals surface area contributed by atoms with E-state index in [2.05, 4.69) is 21.3 Å². The van der Waals surface area contributed by atoms with Crippen LogP contribution >= 0.6 is 0 Å². The topological polar surface area (TPSA) is 200 Å². The first-order valence-electron chi connectivity index (χ1n) is 10.9. The monoisotopic (exact) mass is 457 g/mol. The lowest BCUT2D eigenvalue weighted by Gasteiger charge is -2.25. The average molecular weight is 458 g/mol. The SMILES string of the molecule is CC(C)C(NC(=O)C(CC(=O)O)NC(=O)C(CCCCN)NC(=O)C1CCCN1)C(=O)O. The van der Waals surface area contributed by atoms with Gasteiger partial charge in [0, 0.05) is 0 Å². The number of rotatable bonds is 14. The van der Waals surface area contributed by atoms with Crippen LogP contribution in [0.3, 0.4) is 0 Å². The smallest absolute Gasteiger partial charge is 0.326 e. The zero-order valence-corrected chi connectivity index (χ0v) is 18.6. The van der Waals surface area contributed by atoms with Gasteiger partial charge >= 0.3 is 11.9 Å². The van der Waals surface area contributed by atoms with Crippen molar-refractivity contribution in [1.82, 2.24) is 21.3 Å². The Kier molecular flexibility index (Phi) is 11.6. The maximum Gasteiger partial charge on any atom is 0.326 e. The van der Waals surface area contributed by atoms with E-state index in [-0.39, 0.29) is 12.3 Å². The van der Waals surface area contributed by atoms with Crippen LogP contribution in [0, 0.1) is 5.92 Å². The number of nitrogens with two attached hydrogens (primary N) is 1. The first kappa shape index (κ1) is 27.3. The summed E-state index contributed by atoms with van der Waals surface area (Å²) in [4.78, 5) is 60.5. The molecule has 12 nitrogen and oxygen atoms in total. The maximum atomic E-state index is 12.9. The highest BCUT2D eigenvalue weighted by atomic mass is 16.4. The predicted octanol–water partition coefficient (Wildman–Crippen LogP) is -1.46. The van der Waals surface area contributed by atoms with Gasteiger partial charge in [0.25, 0.3) is 0 Å². The van der Waals surface area contributed by atoms with Crippen molar-refractivity contribution >= 4 is 29.7 Å². The number of carboxylic acids is 2. The predicted molar refractivity (Wildman–Crippen MR) is 114 cm³/mol. The van der Waals surface area contributed by atoms with Gasteiger partial charge in [0.2, 0.25) is 17.7 Å². The van der Waals surface area contributed by atoms with E-state index in [9.17, 15) is 29.1 Å². The molecule has 1 aliphatic heterocycles. The number of carbonyl (C=O) groups is 5. The van der Waals surface area contributed by atoms with E-state index in [1.165, 1.54) is 0 Å². The lowest BCUT2D eigenvalue weighted by molar-refractivity contribution is -0.144. The van der Waals surface area contributed by atoms with Gasteiger partial charge in [0.05, 0.1) is 12.5 Å². The van der Waals surface area contributed by atoms with Crippen molar-refractivity contribution in [2.45, 2.75) is 76.5 Å². The van der Waals surface area contributed by atoms with Crippen LogP contribution in [0.5, 0.6) is 0 Å². The van der Waals surface area contributed by atoms with Gasteiger partial charge in [-0.1, -0.05) is 13.8 Å². The van der Waals surface area contributed by atoms with Crippen molar-refractivity contribution in [2.75, 3.05) is 13.1 Å². The van der Waals surface area contributed by atoms with Gasteiger partial charge in [-0.15, -0.1) is 0 Å².